The minimum Gasteiger partial charge on any atom is -0.328 e. The molecule has 1 aliphatic carbocycles. The van der Waals surface area contributed by atoms with Crippen LogP contribution < -0.4 is 11.4 Å². The van der Waals surface area contributed by atoms with Crippen LogP contribution in [0.1, 0.15) is 25.3 Å². The summed E-state index contributed by atoms with van der Waals surface area (Å²) in [6, 6.07) is 8.46. The molecule has 17 heavy (non-hydrogen) atoms. The molecule has 1 fully saturated rings. The summed E-state index contributed by atoms with van der Waals surface area (Å²) in [7, 11) is 1.83. The second kappa shape index (κ2) is 3.74. The lowest BCUT2D eigenvalue weighted by molar-refractivity contribution is 0.501. The summed E-state index contributed by atoms with van der Waals surface area (Å²) in [5.41, 5.74) is 8.04. The third-order valence-electron chi connectivity index (χ3n) is 3.81. The van der Waals surface area contributed by atoms with E-state index in [4.69, 9.17) is 5.73 Å². The summed E-state index contributed by atoms with van der Waals surface area (Å²) < 4.78 is 3.64. The highest BCUT2D eigenvalue weighted by molar-refractivity contribution is 5.76. The Labute approximate surface area is 99.6 Å². The van der Waals surface area contributed by atoms with Crippen LogP contribution >= 0.6 is 0 Å². The molecule has 0 bridgehead atoms. The van der Waals surface area contributed by atoms with Gasteiger partial charge in [-0.2, -0.15) is 0 Å². The van der Waals surface area contributed by atoms with Crippen molar-refractivity contribution in [1.29, 1.82) is 0 Å². The molecule has 2 N–H and O–H groups in total. The number of nitrogens with two attached hydrogens (primary N) is 1. The summed E-state index contributed by atoms with van der Waals surface area (Å²) in [4.78, 5) is 12.3. The lowest BCUT2D eigenvalue weighted by Crippen LogP contribution is -2.26. The highest BCUT2D eigenvalue weighted by Gasteiger charge is 2.26. The van der Waals surface area contributed by atoms with Crippen molar-refractivity contribution in [3.63, 3.8) is 0 Å². The van der Waals surface area contributed by atoms with Crippen molar-refractivity contribution in [2.75, 3.05) is 0 Å². The number of hydrogen-bond donors (Lipinski definition) is 1. The SMILES string of the molecule is Cn1c(=O)n(C2CCC(N)C2)c2ccccc21. The summed E-state index contributed by atoms with van der Waals surface area (Å²) in [6.45, 7) is 0. The van der Waals surface area contributed by atoms with Crippen molar-refractivity contribution >= 4 is 11.0 Å². The fourth-order valence-corrected chi connectivity index (χ4v) is 2.90. The quantitative estimate of drug-likeness (QED) is 0.806. The van der Waals surface area contributed by atoms with Gasteiger partial charge in [0.1, 0.15) is 0 Å². The molecular weight excluding hydrogens is 214 g/mol. The Morgan fingerprint density at radius 2 is 1.94 bits per heavy atom. The van der Waals surface area contributed by atoms with Crippen molar-refractivity contribution in [3.05, 3.63) is 34.7 Å². The summed E-state index contributed by atoms with van der Waals surface area (Å²) in [6.07, 6.45) is 2.93. The van der Waals surface area contributed by atoms with E-state index in [0.29, 0.717) is 0 Å². The third kappa shape index (κ3) is 1.52. The van der Waals surface area contributed by atoms with E-state index in [-0.39, 0.29) is 17.8 Å². The van der Waals surface area contributed by atoms with E-state index in [1.54, 1.807) is 4.57 Å². The van der Waals surface area contributed by atoms with Crippen LogP contribution in [0.4, 0.5) is 0 Å². The molecule has 1 saturated carbocycles. The van der Waals surface area contributed by atoms with E-state index < -0.39 is 0 Å². The Bertz CT molecular complexity index is 611. The van der Waals surface area contributed by atoms with E-state index >= 15 is 0 Å². The second-order valence-electron chi connectivity index (χ2n) is 4.93. The summed E-state index contributed by atoms with van der Waals surface area (Å²) in [5.74, 6) is 0. The fourth-order valence-electron chi connectivity index (χ4n) is 2.90. The van der Waals surface area contributed by atoms with Gasteiger partial charge in [-0.05, 0) is 31.4 Å². The van der Waals surface area contributed by atoms with Gasteiger partial charge in [0.05, 0.1) is 11.0 Å². The number of nitrogens with zero attached hydrogens (tertiary/aromatic N) is 2. The van der Waals surface area contributed by atoms with Crippen LogP contribution in [0.25, 0.3) is 11.0 Å². The van der Waals surface area contributed by atoms with E-state index in [0.717, 1.165) is 30.3 Å². The Morgan fingerprint density at radius 1 is 1.24 bits per heavy atom. The molecule has 0 spiro atoms. The van der Waals surface area contributed by atoms with Crippen LogP contribution in [0.2, 0.25) is 0 Å². The first-order valence-electron chi connectivity index (χ1n) is 6.10. The first-order valence-corrected chi connectivity index (χ1v) is 6.10. The van der Waals surface area contributed by atoms with Crippen LogP contribution in [-0.4, -0.2) is 15.2 Å². The number of para-hydroxylation sites is 2. The predicted molar refractivity (Wildman–Crippen MR) is 68.0 cm³/mol. The molecule has 1 aromatic heterocycles. The van der Waals surface area contributed by atoms with Gasteiger partial charge < -0.3 is 5.73 Å². The zero-order chi connectivity index (χ0) is 12.0. The maximum Gasteiger partial charge on any atom is 0.329 e. The molecule has 2 atom stereocenters. The molecule has 4 heteroatoms. The van der Waals surface area contributed by atoms with Crippen molar-refractivity contribution in [3.8, 4) is 0 Å². The van der Waals surface area contributed by atoms with Crippen molar-refractivity contribution in [1.82, 2.24) is 9.13 Å². The molecule has 1 aromatic carbocycles. The maximum atomic E-state index is 12.3. The zero-order valence-electron chi connectivity index (χ0n) is 9.97. The minimum atomic E-state index is 0.0744. The Hall–Kier alpha value is -1.55. The van der Waals surface area contributed by atoms with Crippen molar-refractivity contribution in [2.24, 2.45) is 12.8 Å². The minimum absolute atomic E-state index is 0.0744. The van der Waals surface area contributed by atoms with Gasteiger partial charge in [0.25, 0.3) is 0 Å². The molecule has 0 aliphatic heterocycles. The molecule has 2 aromatic rings. The molecule has 0 amide bonds. The van der Waals surface area contributed by atoms with Gasteiger partial charge in [0.15, 0.2) is 0 Å². The van der Waals surface area contributed by atoms with Gasteiger partial charge in [-0.3, -0.25) is 9.13 Å². The van der Waals surface area contributed by atoms with Gasteiger partial charge in [-0.25, -0.2) is 4.79 Å². The average molecular weight is 231 g/mol. The molecular formula is C13H17N3O. The van der Waals surface area contributed by atoms with Crippen molar-refractivity contribution < 1.29 is 0 Å². The molecule has 3 rings (SSSR count). The number of aromatic nitrogens is 2. The van der Waals surface area contributed by atoms with Gasteiger partial charge >= 0.3 is 5.69 Å². The van der Waals surface area contributed by atoms with Crippen LogP contribution in [0.15, 0.2) is 29.1 Å². The number of imidazole rings is 1. The van der Waals surface area contributed by atoms with Gasteiger partial charge in [0, 0.05) is 19.1 Å². The number of aryl methyl sites for hydroxylation is 1. The van der Waals surface area contributed by atoms with E-state index in [1.807, 2.05) is 35.9 Å². The van der Waals surface area contributed by atoms with Gasteiger partial charge in [-0.1, -0.05) is 12.1 Å². The molecule has 0 saturated heterocycles. The van der Waals surface area contributed by atoms with Gasteiger partial charge in [-0.15, -0.1) is 0 Å². The average Bonchev–Trinajstić information content (AvgIpc) is 2.84. The smallest absolute Gasteiger partial charge is 0.328 e. The number of benzene rings is 1. The van der Waals surface area contributed by atoms with Crippen LogP contribution in [0.5, 0.6) is 0 Å². The van der Waals surface area contributed by atoms with Crippen molar-refractivity contribution in [2.45, 2.75) is 31.3 Å². The number of rotatable bonds is 1. The fraction of sp³-hybridized carbons (Fsp3) is 0.462. The maximum absolute atomic E-state index is 12.3. The molecule has 0 radical (unpaired) electrons. The van der Waals surface area contributed by atoms with E-state index in [2.05, 4.69) is 0 Å². The predicted octanol–water partition coefficient (Wildman–Crippen LogP) is 1.39. The Morgan fingerprint density at radius 3 is 2.59 bits per heavy atom. The van der Waals surface area contributed by atoms with Crippen LogP contribution in [0.3, 0.4) is 0 Å². The molecule has 2 unspecified atom stereocenters. The topological polar surface area (TPSA) is 53.0 Å². The number of hydrogen-bond acceptors (Lipinski definition) is 2. The first-order chi connectivity index (χ1) is 8.18. The number of fused-ring (bicyclic) bond motifs is 1. The third-order valence-corrected chi connectivity index (χ3v) is 3.81. The largest absolute Gasteiger partial charge is 0.329 e. The summed E-state index contributed by atoms with van der Waals surface area (Å²) >= 11 is 0. The second-order valence-corrected chi connectivity index (χ2v) is 4.93. The molecule has 1 heterocycles. The van der Waals surface area contributed by atoms with Crippen LogP contribution in [-0.2, 0) is 7.05 Å². The molecule has 4 nitrogen and oxygen atoms in total. The lowest BCUT2D eigenvalue weighted by atomic mass is 10.2. The Kier molecular flexibility index (Phi) is 2.33. The monoisotopic (exact) mass is 231 g/mol. The highest BCUT2D eigenvalue weighted by atomic mass is 16.1. The van der Waals surface area contributed by atoms with E-state index in [1.165, 1.54) is 0 Å². The Balaban J connectivity index is 2.22. The first kappa shape index (κ1) is 10.6. The standard InChI is InChI=1S/C13H17N3O/c1-15-11-4-2-3-5-12(11)16(13(15)17)10-7-6-9(14)8-10/h2-5,9-10H,6-8,14H2,1H3. The van der Waals surface area contributed by atoms with Gasteiger partial charge in [0.2, 0.25) is 0 Å². The molecule has 90 valence electrons. The van der Waals surface area contributed by atoms with E-state index in [9.17, 15) is 4.79 Å². The normalized spacial score (nSPS) is 24.6. The molecule has 1 aliphatic rings. The lowest BCUT2D eigenvalue weighted by Gasteiger charge is -2.11. The zero-order valence-corrected chi connectivity index (χ0v) is 9.97. The summed E-state index contributed by atoms with van der Waals surface area (Å²) in [5, 5.41) is 0. The highest BCUT2D eigenvalue weighted by Crippen LogP contribution is 2.30. The van der Waals surface area contributed by atoms with Crippen LogP contribution in [0, 0.1) is 0 Å².